The first-order valence-electron chi connectivity index (χ1n) is 8.84. The Labute approximate surface area is 168 Å². The number of benzene rings is 1. The molecule has 152 valence electrons. The number of oxazole rings is 1. The van der Waals surface area contributed by atoms with Crippen molar-refractivity contribution >= 4 is 35.0 Å². The lowest BCUT2D eigenvalue weighted by Crippen LogP contribution is -2.34. The number of nitrogens with one attached hydrogen (secondary N) is 3. The van der Waals surface area contributed by atoms with E-state index in [2.05, 4.69) is 39.7 Å². The van der Waals surface area contributed by atoms with Gasteiger partial charge < -0.3 is 24.7 Å². The molecule has 0 fully saturated rings. The quantitative estimate of drug-likeness (QED) is 0.587. The van der Waals surface area contributed by atoms with Crippen LogP contribution in [0.5, 0.6) is 5.75 Å². The largest absolute Gasteiger partial charge is 0.496 e. The predicted molar refractivity (Wildman–Crippen MR) is 107 cm³/mol. The Balaban J connectivity index is 1.96. The first-order valence-corrected chi connectivity index (χ1v) is 9.22. The molecule has 2 aromatic rings. The van der Waals surface area contributed by atoms with Crippen molar-refractivity contribution in [3.05, 3.63) is 35.4 Å². The third-order valence-corrected chi connectivity index (χ3v) is 4.20. The number of rotatable bonds is 9. The third kappa shape index (κ3) is 6.14. The van der Waals surface area contributed by atoms with E-state index in [4.69, 9.17) is 20.8 Å². The van der Waals surface area contributed by atoms with E-state index in [1.54, 1.807) is 18.2 Å². The molecule has 10 heteroatoms. The van der Waals surface area contributed by atoms with Crippen molar-refractivity contribution < 1.29 is 18.7 Å². The van der Waals surface area contributed by atoms with Crippen LogP contribution in [-0.2, 0) is 0 Å². The van der Waals surface area contributed by atoms with Crippen LogP contribution in [0.1, 0.15) is 24.2 Å². The summed E-state index contributed by atoms with van der Waals surface area (Å²) in [5, 5.41) is 7.89. The lowest BCUT2D eigenvalue weighted by Gasteiger charge is -2.18. The highest BCUT2D eigenvalue weighted by Gasteiger charge is 2.14. The van der Waals surface area contributed by atoms with Gasteiger partial charge in [0.25, 0.3) is 11.3 Å². The number of urea groups is 1. The number of anilines is 2. The number of carbonyl (C=O) groups excluding carboxylic acids is 2. The fourth-order valence-electron chi connectivity index (χ4n) is 2.51. The Morgan fingerprint density at radius 3 is 2.61 bits per heavy atom. The highest BCUT2D eigenvalue weighted by atomic mass is 35.5. The van der Waals surface area contributed by atoms with E-state index in [0.717, 1.165) is 19.6 Å². The molecule has 0 spiro atoms. The van der Waals surface area contributed by atoms with Crippen molar-refractivity contribution in [3.8, 4) is 5.75 Å². The molecule has 0 atom stereocenters. The second kappa shape index (κ2) is 10.5. The maximum absolute atomic E-state index is 12.4. The number of aromatic nitrogens is 1. The van der Waals surface area contributed by atoms with Crippen LogP contribution >= 0.6 is 11.6 Å². The number of hydrogen-bond acceptors (Lipinski definition) is 6. The molecule has 9 nitrogen and oxygen atoms in total. The summed E-state index contributed by atoms with van der Waals surface area (Å²) in [7, 11) is 1.46. The molecular weight excluding hydrogens is 386 g/mol. The molecule has 3 amide bonds. The maximum Gasteiger partial charge on any atom is 0.324 e. The fraction of sp³-hybridized carbons (Fsp3) is 0.389. The monoisotopic (exact) mass is 409 g/mol. The Morgan fingerprint density at radius 1 is 1.25 bits per heavy atom. The van der Waals surface area contributed by atoms with Crippen LogP contribution in [0, 0.1) is 0 Å². The van der Waals surface area contributed by atoms with Gasteiger partial charge in [-0.25, -0.2) is 4.79 Å². The predicted octanol–water partition coefficient (Wildman–Crippen LogP) is 3.05. The zero-order valence-corrected chi connectivity index (χ0v) is 16.8. The average Bonchev–Trinajstić information content (AvgIpc) is 3.09. The molecule has 28 heavy (non-hydrogen) atoms. The van der Waals surface area contributed by atoms with Crippen LogP contribution in [0.2, 0.25) is 5.35 Å². The number of likely N-dealkylation sites (N-methyl/N-ethyl adjacent to an activating group) is 1. The summed E-state index contributed by atoms with van der Waals surface area (Å²) in [6, 6.07) is 4.23. The molecule has 0 aliphatic rings. The Morgan fingerprint density at radius 2 is 2.00 bits per heavy atom. The SMILES string of the molecule is CCN(CC)CCNC(=O)c1ccc(NC(=O)Nc2coc(Cl)n2)cc1OC. The number of nitrogens with zero attached hydrogens (tertiary/aromatic N) is 2. The van der Waals surface area contributed by atoms with Gasteiger partial charge in [0.15, 0.2) is 5.82 Å². The van der Waals surface area contributed by atoms with Gasteiger partial charge in [-0.2, -0.15) is 4.98 Å². The summed E-state index contributed by atoms with van der Waals surface area (Å²) < 4.78 is 10.1. The minimum Gasteiger partial charge on any atom is -0.496 e. The van der Waals surface area contributed by atoms with Crippen LogP contribution in [-0.4, -0.2) is 55.1 Å². The van der Waals surface area contributed by atoms with E-state index >= 15 is 0 Å². The Bertz CT molecular complexity index is 807. The van der Waals surface area contributed by atoms with Gasteiger partial charge >= 0.3 is 6.03 Å². The van der Waals surface area contributed by atoms with Crippen LogP contribution in [0.3, 0.4) is 0 Å². The van der Waals surface area contributed by atoms with Gasteiger partial charge in [0.1, 0.15) is 12.0 Å². The van der Waals surface area contributed by atoms with E-state index in [1.807, 2.05) is 0 Å². The van der Waals surface area contributed by atoms with Crippen molar-refractivity contribution in [1.82, 2.24) is 15.2 Å². The zero-order valence-electron chi connectivity index (χ0n) is 16.0. The van der Waals surface area contributed by atoms with E-state index in [1.165, 1.54) is 13.4 Å². The number of halogens is 1. The molecule has 0 saturated carbocycles. The number of amides is 3. The third-order valence-electron chi connectivity index (χ3n) is 4.03. The molecule has 1 aromatic heterocycles. The van der Waals surface area contributed by atoms with Crippen LogP contribution < -0.4 is 20.7 Å². The molecule has 0 saturated heterocycles. The Kier molecular flexibility index (Phi) is 8.09. The lowest BCUT2D eigenvalue weighted by molar-refractivity contribution is 0.0946. The smallest absolute Gasteiger partial charge is 0.324 e. The van der Waals surface area contributed by atoms with Gasteiger partial charge in [0, 0.05) is 24.8 Å². The van der Waals surface area contributed by atoms with Crippen molar-refractivity contribution in [3.63, 3.8) is 0 Å². The van der Waals surface area contributed by atoms with Crippen molar-refractivity contribution in [2.24, 2.45) is 0 Å². The van der Waals surface area contributed by atoms with Gasteiger partial charge in [-0.15, -0.1) is 0 Å². The lowest BCUT2D eigenvalue weighted by atomic mass is 10.1. The zero-order chi connectivity index (χ0) is 20.5. The van der Waals surface area contributed by atoms with Gasteiger partial charge in [0.05, 0.1) is 12.7 Å². The summed E-state index contributed by atoms with van der Waals surface area (Å²) in [5.74, 6) is 0.290. The Hall–Kier alpha value is -2.78. The first kappa shape index (κ1) is 21.5. The van der Waals surface area contributed by atoms with Crippen LogP contribution in [0.4, 0.5) is 16.3 Å². The van der Waals surface area contributed by atoms with Gasteiger partial charge in [-0.1, -0.05) is 13.8 Å². The molecule has 0 radical (unpaired) electrons. The second-order valence-corrected chi connectivity index (χ2v) is 6.09. The van der Waals surface area contributed by atoms with Crippen molar-refractivity contribution in [2.75, 3.05) is 43.9 Å². The fourth-order valence-corrected chi connectivity index (χ4v) is 2.64. The normalized spacial score (nSPS) is 10.6. The molecule has 2 rings (SSSR count). The molecule has 1 heterocycles. The van der Waals surface area contributed by atoms with E-state index < -0.39 is 6.03 Å². The molecule has 0 aliphatic heterocycles. The number of ether oxygens (including phenoxy) is 1. The van der Waals surface area contributed by atoms with Crippen molar-refractivity contribution in [2.45, 2.75) is 13.8 Å². The van der Waals surface area contributed by atoms with E-state index in [9.17, 15) is 9.59 Å². The highest BCUT2D eigenvalue weighted by Crippen LogP contribution is 2.23. The summed E-state index contributed by atoms with van der Waals surface area (Å²) in [4.78, 5) is 30.4. The molecule has 0 unspecified atom stereocenters. The van der Waals surface area contributed by atoms with Gasteiger partial charge in [-0.3, -0.25) is 10.1 Å². The topological polar surface area (TPSA) is 109 Å². The molecular formula is C18H24ClN5O4. The average molecular weight is 410 g/mol. The summed E-state index contributed by atoms with van der Waals surface area (Å²) >= 11 is 5.55. The van der Waals surface area contributed by atoms with Gasteiger partial charge in [0.2, 0.25) is 0 Å². The van der Waals surface area contributed by atoms with Crippen LogP contribution in [0.25, 0.3) is 0 Å². The second-order valence-electron chi connectivity index (χ2n) is 5.76. The summed E-state index contributed by atoms with van der Waals surface area (Å²) in [6.45, 7) is 7.32. The number of methoxy groups -OCH3 is 1. The highest BCUT2D eigenvalue weighted by molar-refractivity contribution is 6.27. The number of carbonyl (C=O) groups is 2. The standard InChI is InChI=1S/C18H24ClN5O4/c1-4-24(5-2)9-8-20-16(25)13-7-6-12(10-14(13)27-3)21-18(26)23-15-11-28-17(19)22-15/h6-7,10-11H,4-5,8-9H2,1-3H3,(H,20,25)(H2,21,23,26). The van der Waals surface area contributed by atoms with Crippen LogP contribution in [0.15, 0.2) is 28.9 Å². The molecule has 3 N–H and O–H groups in total. The molecule has 0 aliphatic carbocycles. The van der Waals surface area contributed by atoms with E-state index in [-0.39, 0.29) is 17.1 Å². The summed E-state index contributed by atoms with van der Waals surface area (Å²) in [5.41, 5.74) is 0.833. The van der Waals surface area contributed by atoms with Gasteiger partial charge in [-0.05, 0) is 36.8 Å². The number of hydrogen-bond donors (Lipinski definition) is 3. The first-order chi connectivity index (χ1) is 13.5. The maximum atomic E-state index is 12.4. The minimum atomic E-state index is -0.538. The molecule has 1 aromatic carbocycles. The molecule has 0 bridgehead atoms. The van der Waals surface area contributed by atoms with Crippen molar-refractivity contribution in [1.29, 1.82) is 0 Å². The summed E-state index contributed by atoms with van der Waals surface area (Å²) in [6.07, 6.45) is 1.22. The minimum absolute atomic E-state index is 0.0756. The van der Waals surface area contributed by atoms with E-state index in [0.29, 0.717) is 23.5 Å².